The van der Waals surface area contributed by atoms with Gasteiger partial charge in [-0.3, -0.25) is 0 Å². The highest BCUT2D eigenvalue weighted by atomic mass is 16.5. The van der Waals surface area contributed by atoms with Crippen LogP contribution in [0.5, 0.6) is 0 Å². The van der Waals surface area contributed by atoms with Gasteiger partial charge in [0.15, 0.2) is 0 Å². The van der Waals surface area contributed by atoms with E-state index in [9.17, 15) is 0 Å². The van der Waals surface area contributed by atoms with Gasteiger partial charge in [-0.15, -0.1) is 0 Å². The first kappa shape index (κ1) is 20.1. The second-order valence-electron chi connectivity index (χ2n) is 6.01. The van der Waals surface area contributed by atoms with Crippen LogP contribution < -0.4 is 5.73 Å². The molecule has 126 valence electrons. The van der Waals surface area contributed by atoms with Crippen molar-refractivity contribution in [3.05, 3.63) is 0 Å². The summed E-state index contributed by atoms with van der Waals surface area (Å²) in [6, 6.07) is 0. The highest BCUT2D eigenvalue weighted by Crippen LogP contribution is 2.23. The molecule has 0 rings (SSSR count). The summed E-state index contributed by atoms with van der Waals surface area (Å²) in [5.41, 5.74) is 5.45. The van der Waals surface area contributed by atoms with E-state index in [0.717, 1.165) is 58.5 Å². The van der Waals surface area contributed by atoms with Crippen molar-refractivity contribution in [3.63, 3.8) is 0 Å². The number of ether oxygens (including phenoxy) is 2. The number of methoxy groups -OCH3 is 2. The van der Waals surface area contributed by atoms with E-state index in [1.807, 2.05) is 13.8 Å². The van der Waals surface area contributed by atoms with Crippen molar-refractivity contribution in [2.45, 2.75) is 39.5 Å². The van der Waals surface area contributed by atoms with Gasteiger partial charge < -0.3 is 25.3 Å². The van der Waals surface area contributed by atoms with Gasteiger partial charge in [0.25, 0.3) is 0 Å². The van der Waals surface area contributed by atoms with E-state index in [1.165, 1.54) is 0 Å². The number of hydrogen-bond donors (Lipinski definition) is 2. The zero-order chi connectivity index (χ0) is 16.1. The highest BCUT2D eigenvalue weighted by Gasteiger charge is 2.22. The van der Waals surface area contributed by atoms with Gasteiger partial charge >= 0.3 is 0 Å². The molecule has 0 aromatic heterocycles. The lowest BCUT2D eigenvalue weighted by atomic mass is 9.86. The Kier molecular flexibility index (Phi) is 11.3. The van der Waals surface area contributed by atoms with Crippen LogP contribution in [0.25, 0.3) is 0 Å². The maximum absolute atomic E-state index is 8.76. The van der Waals surface area contributed by atoms with Crippen molar-refractivity contribution in [2.24, 2.45) is 16.3 Å². The van der Waals surface area contributed by atoms with Gasteiger partial charge in [-0.2, -0.15) is 0 Å². The maximum Gasteiger partial charge on any atom is 0.144 e. The molecule has 0 spiro atoms. The highest BCUT2D eigenvalue weighted by molar-refractivity contribution is 5.85. The molecular formula is C15H33N3O3. The van der Waals surface area contributed by atoms with Crippen LogP contribution in [0, 0.1) is 5.41 Å². The average molecular weight is 303 g/mol. The molecule has 0 aromatic rings. The molecule has 0 aliphatic rings. The molecule has 0 aromatic carbocycles. The van der Waals surface area contributed by atoms with Gasteiger partial charge in [-0.1, -0.05) is 25.4 Å². The first-order valence-electron chi connectivity index (χ1n) is 7.66. The summed E-state index contributed by atoms with van der Waals surface area (Å²) in [6.45, 7) is 8.57. The molecule has 0 unspecified atom stereocenters. The van der Waals surface area contributed by atoms with E-state index in [2.05, 4.69) is 10.1 Å². The maximum atomic E-state index is 8.76. The third kappa shape index (κ3) is 9.66. The molecule has 0 saturated carbocycles. The van der Waals surface area contributed by atoms with Gasteiger partial charge in [0, 0.05) is 39.3 Å². The number of nitrogens with two attached hydrogens (primary N) is 1. The van der Waals surface area contributed by atoms with E-state index in [1.54, 1.807) is 14.2 Å². The van der Waals surface area contributed by atoms with E-state index >= 15 is 0 Å². The standard InChI is InChI=1S/C15H33N3O3/c1-15(2,14(16)17-19)8-5-6-9-18(11-13-21-4)10-7-12-20-3/h19H,5-13H2,1-4H3,(H2,16,17). The minimum atomic E-state index is -0.248. The number of rotatable bonds is 13. The normalized spacial score (nSPS) is 13.1. The fraction of sp³-hybridized carbons (Fsp3) is 0.933. The average Bonchev–Trinajstić information content (AvgIpc) is 2.47. The predicted molar refractivity (Wildman–Crippen MR) is 85.8 cm³/mol. The van der Waals surface area contributed by atoms with Gasteiger partial charge in [-0.25, -0.2) is 0 Å². The van der Waals surface area contributed by atoms with Crippen molar-refractivity contribution in [3.8, 4) is 0 Å². The summed E-state index contributed by atoms with van der Waals surface area (Å²) < 4.78 is 10.2. The molecule has 0 saturated heterocycles. The van der Waals surface area contributed by atoms with E-state index in [4.69, 9.17) is 20.4 Å². The summed E-state index contributed by atoms with van der Waals surface area (Å²) in [4.78, 5) is 2.40. The van der Waals surface area contributed by atoms with Gasteiger partial charge in [0.1, 0.15) is 5.84 Å². The van der Waals surface area contributed by atoms with Crippen molar-refractivity contribution in [2.75, 3.05) is 47.1 Å². The molecule has 0 bridgehead atoms. The Bertz CT molecular complexity index is 283. The Hall–Kier alpha value is -0.850. The lowest BCUT2D eigenvalue weighted by Gasteiger charge is -2.25. The van der Waals surface area contributed by atoms with Crippen LogP contribution in [-0.4, -0.2) is 63.0 Å². The Morgan fingerprint density at radius 2 is 1.67 bits per heavy atom. The van der Waals surface area contributed by atoms with Crippen molar-refractivity contribution in [1.82, 2.24) is 4.90 Å². The molecule has 21 heavy (non-hydrogen) atoms. The SMILES string of the molecule is COCCCN(CCCCC(C)(C)C(N)=NO)CCOC. The third-order valence-electron chi connectivity index (χ3n) is 3.76. The first-order chi connectivity index (χ1) is 9.97. The lowest BCUT2D eigenvalue weighted by molar-refractivity contribution is 0.131. The summed E-state index contributed by atoms with van der Waals surface area (Å²) in [6.07, 6.45) is 4.10. The Labute approximate surface area is 129 Å². The summed E-state index contributed by atoms with van der Waals surface area (Å²) in [5.74, 6) is 0.304. The fourth-order valence-electron chi connectivity index (χ4n) is 2.15. The van der Waals surface area contributed by atoms with Crippen LogP contribution in [0.4, 0.5) is 0 Å². The Morgan fingerprint density at radius 3 is 2.24 bits per heavy atom. The molecule has 0 aliphatic heterocycles. The topological polar surface area (TPSA) is 80.3 Å². The monoisotopic (exact) mass is 303 g/mol. The molecule has 0 fully saturated rings. The van der Waals surface area contributed by atoms with Crippen LogP contribution in [-0.2, 0) is 9.47 Å². The predicted octanol–water partition coefficient (Wildman–Crippen LogP) is 1.91. The van der Waals surface area contributed by atoms with E-state index in [-0.39, 0.29) is 5.41 Å². The molecule has 0 radical (unpaired) electrons. The second kappa shape index (κ2) is 11.8. The molecule has 6 nitrogen and oxygen atoms in total. The zero-order valence-electron chi connectivity index (χ0n) is 14.1. The molecular weight excluding hydrogens is 270 g/mol. The number of hydrogen-bond acceptors (Lipinski definition) is 5. The second-order valence-corrected chi connectivity index (χ2v) is 6.01. The molecule has 3 N–H and O–H groups in total. The van der Waals surface area contributed by atoms with Crippen LogP contribution in [0.3, 0.4) is 0 Å². The molecule has 6 heteroatoms. The molecule has 0 aliphatic carbocycles. The van der Waals surface area contributed by atoms with Crippen molar-refractivity contribution < 1.29 is 14.7 Å². The summed E-state index contributed by atoms with van der Waals surface area (Å²) in [7, 11) is 3.46. The molecule has 0 atom stereocenters. The van der Waals surface area contributed by atoms with E-state index < -0.39 is 0 Å². The van der Waals surface area contributed by atoms with Gasteiger partial charge in [0.2, 0.25) is 0 Å². The number of oxime groups is 1. The third-order valence-corrected chi connectivity index (χ3v) is 3.76. The number of nitrogens with zero attached hydrogens (tertiary/aromatic N) is 2. The number of unbranched alkanes of at least 4 members (excludes halogenated alkanes) is 1. The number of amidine groups is 1. The largest absolute Gasteiger partial charge is 0.409 e. The fourth-order valence-corrected chi connectivity index (χ4v) is 2.15. The smallest absolute Gasteiger partial charge is 0.144 e. The first-order valence-corrected chi connectivity index (χ1v) is 7.66. The van der Waals surface area contributed by atoms with E-state index in [0.29, 0.717) is 5.84 Å². The van der Waals surface area contributed by atoms with Crippen LogP contribution >= 0.6 is 0 Å². The zero-order valence-corrected chi connectivity index (χ0v) is 14.1. The summed E-state index contributed by atoms with van der Waals surface area (Å²) in [5, 5.41) is 11.9. The Morgan fingerprint density at radius 1 is 1.05 bits per heavy atom. The molecule has 0 heterocycles. The minimum absolute atomic E-state index is 0.248. The quantitative estimate of drug-likeness (QED) is 0.179. The van der Waals surface area contributed by atoms with Crippen molar-refractivity contribution in [1.29, 1.82) is 0 Å². The lowest BCUT2D eigenvalue weighted by Crippen LogP contribution is -2.33. The van der Waals surface area contributed by atoms with Crippen LogP contribution in [0.1, 0.15) is 39.5 Å². The van der Waals surface area contributed by atoms with Crippen LogP contribution in [0.15, 0.2) is 5.16 Å². The Balaban J connectivity index is 4.00. The van der Waals surface area contributed by atoms with Gasteiger partial charge in [-0.05, 0) is 25.8 Å². The van der Waals surface area contributed by atoms with Crippen molar-refractivity contribution >= 4 is 5.84 Å². The van der Waals surface area contributed by atoms with Gasteiger partial charge in [0.05, 0.1) is 6.61 Å². The summed E-state index contributed by atoms with van der Waals surface area (Å²) >= 11 is 0. The van der Waals surface area contributed by atoms with Crippen LogP contribution in [0.2, 0.25) is 0 Å². The minimum Gasteiger partial charge on any atom is -0.409 e. The molecule has 0 amide bonds.